The smallest absolute Gasteiger partial charge is 0.242 e. The molecule has 0 saturated carbocycles. The van der Waals surface area contributed by atoms with Crippen molar-refractivity contribution in [3.63, 3.8) is 0 Å². The average Bonchev–Trinajstić information content (AvgIpc) is 2.67. The van der Waals surface area contributed by atoms with Crippen LogP contribution in [0.3, 0.4) is 0 Å². The number of amides is 1. The lowest BCUT2D eigenvalue weighted by molar-refractivity contribution is -0.143. The number of hydrogen-bond acceptors (Lipinski definition) is 3. The van der Waals surface area contributed by atoms with Crippen LogP contribution in [0.5, 0.6) is 0 Å². The van der Waals surface area contributed by atoms with Crippen molar-refractivity contribution in [2.75, 3.05) is 14.1 Å². The topological polar surface area (TPSA) is 40.6 Å². The molecule has 2 aliphatic rings. The van der Waals surface area contributed by atoms with Gasteiger partial charge in [0.1, 0.15) is 5.82 Å². The van der Waals surface area contributed by atoms with E-state index in [-0.39, 0.29) is 29.8 Å². The van der Waals surface area contributed by atoms with Crippen molar-refractivity contribution >= 4 is 11.7 Å². The predicted octanol–water partition coefficient (Wildman–Crippen LogP) is 4.02. The van der Waals surface area contributed by atoms with Crippen molar-refractivity contribution in [1.29, 1.82) is 0 Å². The summed E-state index contributed by atoms with van der Waals surface area (Å²) in [7, 11) is 3.61. The molecule has 0 saturated heterocycles. The molecular formula is C23H23FN2O2. The van der Waals surface area contributed by atoms with Gasteiger partial charge >= 0.3 is 0 Å². The largest absolute Gasteiger partial charge is 0.294 e. The highest BCUT2D eigenvalue weighted by atomic mass is 19.1. The fourth-order valence-electron chi connectivity index (χ4n) is 4.45. The van der Waals surface area contributed by atoms with Crippen LogP contribution in [-0.2, 0) is 9.59 Å². The SMILES string of the molecule is CN(C)N1C(=O)CC(c2cccc(F)c2)C2=C1CC(c1ccccc1)CC2=O. The molecule has 0 aromatic heterocycles. The Morgan fingerprint density at radius 3 is 2.32 bits per heavy atom. The van der Waals surface area contributed by atoms with Gasteiger partial charge in [-0.3, -0.25) is 9.59 Å². The quantitative estimate of drug-likeness (QED) is 0.810. The minimum absolute atomic E-state index is 0.0361. The maximum atomic E-state index is 13.8. The van der Waals surface area contributed by atoms with E-state index in [4.69, 9.17) is 0 Å². The summed E-state index contributed by atoms with van der Waals surface area (Å²) in [6.07, 6.45) is 1.19. The molecular weight excluding hydrogens is 355 g/mol. The highest BCUT2D eigenvalue weighted by molar-refractivity contribution is 6.02. The molecule has 1 heterocycles. The van der Waals surface area contributed by atoms with Crippen LogP contribution in [0.2, 0.25) is 0 Å². The van der Waals surface area contributed by atoms with Crippen molar-refractivity contribution < 1.29 is 14.0 Å². The number of Topliss-reactive ketones (excluding diaryl/α,β-unsaturated/α-hetero) is 1. The minimum Gasteiger partial charge on any atom is -0.294 e. The van der Waals surface area contributed by atoms with Gasteiger partial charge in [0, 0.05) is 44.1 Å². The zero-order chi connectivity index (χ0) is 19.8. The van der Waals surface area contributed by atoms with Crippen LogP contribution in [0, 0.1) is 5.82 Å². The number of allylic oxidation sites excluding steroid dienone is 2. The molecule has 1 aliphatic heterocycles. The molecule has 1 aliphatic carbocycles. The first-order valence-corrected chi connectivity index (χ1v) is 9.52. The van der Waals surface area contributed by atoms with E-state index in [0.29, 0.717) is 24.0 Å². The van der Waals surface area contributed by atoms with Gasteiger partial charge in [-0.2, -0.15) is 0 Å². The van der Waals surface area contributed by atoms with Crippen molar-refractivity contribution in [3.8, 4) is 0 Å². The summed E-state index contributed by atoms with van der Waals surface area (Å²) in [5, 5.41) is 3.36. The number of hydrogen-bond donors (Lipinski definition) is 0. The first-order valence-electron chi connectivity index (χ1n) is 9.52. The van der Waals surface area contributed by atoms with Crippen LogP contribution in [-0.4, -0.2) is 35.8 Å². The second-order valence-electron chi connectivity index (χ2n) is 7.66. The van der Waals surface area contributed by atoms with Crippen LogP contribution in [0.1, 0.15) is 42.2 Å². The number of rotatable bonds is 3. The molecule has 2 aromatic rings. The zero-order valence-electron chi connectivity index (χ0n) is 16.1. The third-order valence-electron chi connectivity index (χ3n) is 5.62. The maximum absolute atomic E-state index is 13.8. The second-order valence-corrected chi connectivity index (χ2v) is 7.66. The molecule has 1 amide bonds. The lowest BCUT2D eigenvalue weighted by Crippen LogP contribution is -2.47. The molecule has 28 heavy (non-hydrogen) atoms. The fourth-order valence-corrected chi connectivity index (χ4v) is 4.45. The van der Waals surface area contributed by atoms with Gasteiger partial charge in [-0.15, -0.1) is 0 Å². The molecule has 0 spiro atoms. The van der Waals surface area contributed by atoms with Crippen molar-refractivity contribution in [2.24, 2.45) is 0 Å². The van der Waals surface area contributed by atoms with Crippen molar-refractivity contribution in [3.05, 3.63) is 82.8 Å². The molecule has 144 valence electrons. The molecule has 5 heteroatoms. The van der Waals surface area contributed by atoms with E-state index in [1.54, 1.807) is 22.2 Å². The van der Waals surface area contributed by atoms with E-state index in [9.17, 15) is 14.0 Å². The van der Waals surface area contributed by atoms with E-state index >= 15 is 0 Å². The van der Waals surface area contributed by atoms with E-state index < -0.39 is 5.92 Å². The number of ketones is 1. The molecule has 0 radical (unpaired) electrons. The monoisotopic (exact) mass is 378 g/mol. The fraction of sp³-hybridized carbons (Fsp3) is 0.304. The summed E-state index contributed by atoms with van der Waals surface area (Å²) >= 11 is 0. The Kier molecular flexibility index (Phi) is 4.85. The predicted molar refractivity (Wildman–Crippen MR) is 105 cm³/mol. The summed E-state index contributed by atoms with van der Waals surface area (Å²) in [6.45, 7) is 0. The number of hydrazine groups is 1. The Morgan fingerprint density at radius 2 is 1.64 bits per heavy atom. The highest BCUT2D eigenvalue weighted by Crippen LogP contribution is 2.45. The molecule has 2 aromatic carbocycles. The number of nitrogens with zero attached hydrogens (tertiary/aromatic N) is 2. The maximum Gasteiger partial charge on any atom is 0.242 e. The van der Waals surface area contributed by atoms with Gasteiger partial charge < -0.3 is 0 Å². The lowest BCUT2D eigenvalue weighted by Gasteiger charge is -2.42. The number of halogens is 1. The third-order valence-corrected chi connectivity index (χ3v) is 5.62. The molecule has 0 bridgehead atoms. The average molecular weight is 378 g/mol. The summed E-state index contributed by atoms with van der Waals surface area (Å²) in [5.74, 6) is -0.733. The molecule has 4 nitrogen and oxygen atoms in total. The summed E-state index contributed by atoms with van der Waals surface area (Å²) in [6, 6.07) is 16.2. The lowest BCUT2D eigenvalue weighted by atomic mass is 9.73. The van der Waals surface area contributed by atoms with Gasteiger partial charge in [-0.05, 0) is 35.6 Å². The van der Waals surface area contributed by atoms with Crippen LogP contribution in [0.4, 0.5) is 4.39 Å². The summed E-state index contributed by atoms with van der Waals surface area (Å²) in [4.78, 5) is 26.2. The van der Waals surface area contributed by atoms with Crippen LogP contribution >= 0.6 is 0 Å². The Morgan fingerprint density at radius 1 is 0.929 bits per heavy atom. The van der Waals surface area contributed by atoms with Crippen molar-refractivity contribution in [2.45, 2.75) is 31.1 Å². The summed E-state index contributed by atoms with van der Waals surface area (Å²) < 4.78 is 13.8. The van der Waals surface area contributed by atoms with E-state index in [2.05, 4.69) is 0 Å². The van der Waals surface area contributed by atoms with E-state index in [0.717, 1.165) is 11.3 Å². The molecule has 2 atom stereocenters. The zero-order valence-corrected chi connectivity index (χ0v) is 16.1. The van der Waals surface area contributed by atoms with Crippen LogP contribution in [0.25, 0.3) is 0 Å². The first-order chi connectivity index (χ1) is 13.5. The molecule has 0 N–H and O–H groups in total. The standard InChI is InChI=1S/C23H23FN2O2/c1-25(2)26-20-12-17(15-7-4-3-5-8-15)13-21(27)23(20)19(14-22(26)28)16-9-6-10-18(24)11-16/h3-11,17,19H,12-14H2,1-2H3. The molecule has 4 rings (SSSR count). The number of benzene rings is 2. The van der Waals surface area contributed by atoms with Crippen LogP contribution < -0.4 is 0 Å². The molecule has 2 unspecified atom stereocenters. The highest BCUT2D eigenvalue weighted by Gasteiger charge is 2.42. The van der Waals surface area contributed by atoms with Gasteiger partial charge in [-0.1, -0.05) is 42.5 Å². The normalized spacial score (nSPS) is 22.6. The number of carbonyl (C=O) groups excluding carboxylic acids is 2. The van der Waals surface area contributed by atoms with Gasteiger partial charge in [0.25, 0.3) is 0 Å². The first kappa shape index (κ1) is 18.6. The van der Waals surface area contributed by atoms with Gasteiger partial charge in [0.15, 0.2) is 5.78 Å². The Labute approximate surface area is 164 Å². The van der Waals surface area contributed by atoms with E-state index in [1.807, 2.05) is 44.4 Å². The van der Waals surface area contributed by atoms with Gasteiger partial charge in [0.05, 0.1) is 0 Å². The van der Waals surface area contributed by atoms with Crippen molar-refractivity contribution in [1.82, 2.24) is 10.0 Å². The third kappa shape index (κ3) is 3.27. The Balaban J connectivity index is 1.82. The van der Waals surface area contributed by atoms with Crippen LogP contribution in [0.15, 0.2) is 65.9 Å². The molecule has 0 fully saturated rings. The van der Waals surface area contributed by atoms with Gasteiger partial charge in [0.2, 0.25) is 5.91 Å². The minimum atomic E-state index is -0.390. The van der Waals surface area contributed by atoms with E-state index in [1.165, 1.54) is 12.1 Å². The Hall–Kier alpha value is -2.79. The van der Waals surface area contributed by atoms with Gasteiger partial charge in [-0.25, -0.2) is 14.4 Å². The second kappa shape index (κ2) is 7.32. The number of carbonyl (C=O) groups is 2. The summed E-state index contributed by atoms with van der Waals surface area (Å²) in [5.41, 5.74) is 3.19. The Bertz CT molecular complexity index is 952.